The highest BCUT2D eigenvalue weighted by Crippen LogP contribution is 2.33. The van der Waals surface area contributed by atoms with Crippen molar-refractivity contribution in [3.05, 3.63) is 79.4 Å². The minimum Gasteiger partial charge on any atom is -0.374 e. The van der Waals surface area contributed by atoms with Gasteiger partial charge >= 0.3 is 0 Å². The lowest BCUT2D eigenvalue weighted by Gasteiger charge is -2.14. The zero-order valence-electron chi connectivity index (χ0n) is 20.4. The molecule has 1 atom stereocenters. The van der Waals surface area contributed by atoms with Gasteiger partial charge in [0.1, 0.15) is 11.9 Å². The van der Waals surface area contributed by atoms with E-state index in [9.17, 15) is 5.11 Å². The maximum absolute atomic E-state index is 10.3. The van der Waals surface area contributed by atoms with Crippen molar-refractivity contribution in [1.82, 2.24) is 30.1 Å². The standard InChI is InChI=1S/C29H27N7O/c1-2-3-7-26(37)32-21-14-20(16-31-17-21)19-8-9-24-23(15-19)28(36-35-24)29-33-25-6-4-5-22(27(25)34-29)18-10-12-30-13-11-18/h4-6,8-17,26,32,37H,2-3,7H2,1H3,(H,33,34)(H,35,36). The third-order valence-electron chi connectivity index (χ3n) is 6.53. The number of aromatic nitrogens is 6. The number of nitrogens with zero attached hydrogens (tertiary/aromatic N) is 4. The van der Waals surface area contributed by atoms with Crippen molar-refractivity contribution in [2.24, 2.45) is 0 Å². The molecule has 0 fully saturated rings. The predicted octanol–water partition coefficient (Wildman–Crippen LogP) is 6.15. The fourth-order valence-corrected chi connectivity index (χ4v) is 4.62. The highest BCUT2D eigenvalue weighted by molar-refractivity contribution is 5.98. The molecule has 0 saturated heterocycles. The average molecular weight is 490 g/mol. The topological polar surface area (TPSA) is 115 Å². The van der Waals surface area contributed by atoms with Crippen molar-refractivity contribution < 1.29 is 5.11 Å². The SMILES string of the molecule is CCCCC(O)Nc1cncc(-c2ccc3[nH]nc(-c4nc5c(-c6ccncc6)cccc5[nH]4)c3c2)c1. The summed E-state index contributed by atoms with van der Waals surface area (Å²) in [6.45, 7) is 2.11. The summed E-state index contributed by atoms with van der Waals surface area (Å²) < 4.78 is 0. The molecule has 0 saturated carbocycles. The van der Waals surface area contributed by atoms with Gasteiger partial charge < -0.3 is 15.4 Å². The molecular formula is C29H27N7O. The van der Waals surface area contributed by atoms with Crippen LogP contribution in [0, 0.1) is 0 Å². The number of benzene rings is 2. The molecule has 8 heteroatoms. The summed E-state index contributed by atoms with van der Waals surface area (Å²) in [7, 11) is 0. The molecular weight excluding hydrogens is 462 g/mol. The van der Waals surface area contributed by atoms with Crippen molar-refractivity contribution in [2.75, 3.05) is 5.32 Å². The number of unbranched alkanes of at least 4 members (excludes halogenated alkanes) is 1. The number of rotatable bonds is 8. The number of aliphatic hydroxyl groups is 1. The summed E-state index contributed by atoms with van der Waals surface area (Å²) in [5, 5.41) is 22.1. The van der Waals surface area contributed by atoms with Crippen molar-refractivity contribution in [3.8, 4) is 33.8 Å². The normalized spacial score (nSPS) is 12.3. The van der Waals surface area contributed by atoms with Crippen LogP contribution in [0.15, 0.2) is 79.4 Å². The predicted molar refractivity (Wildman–Crippen MR) is 147 cm³/mol. The van der Waals surface area contributed by atoms with Crippen LogP contribution in [-0.2, 0) is 0 Å². The minimum absolute atomic E-state index is 0.593. The summed E-state index contributed by atoms with van der Waals surface area (Å²) in [6.07, 6.45) is 9.25. The van der Waals surface area contributed by atoms with Crippen LogP contribution in [0.25, 0.3) is 55.7 Å². The Hall–Kier alpha value is -4.56. The van der Waals surface area contributed by atoms with E-state index >= 15 is 0 Å². The zero-order chi connectivity index (χ0) is 25.2. The minimum atomic E-state index is -0.593. The Balaban J connectivity index is 1.37. The second kappa shape index (κ2) is 9.83. The monoisotopic (exact) mass is 489 g/mol. The summed E-state index contributed by atoms with van der Waals surface area (Å²) in [5.74, 6) is 0.701. The van der Waals surface area contributed by atoms with Crippen molar-refractivity contribution in [3.63, 3.8) is 0 Å². The number of fused-ring (bicyclic) bond motifs is 2. The van der Waals surface area contributed by atoms with E-state index in [0.29, 0.717) is 12.2 Å². The quantitative estimate of drug-likeness (QED) is 0.191. The van der Waals surface area contributed by atoms with Crippen LogP contribution < -0.4 is 5.32 Å². The third-order valence-corrected chi connectivity index (χ3v) is 6.53. The Morgan fingerprint density at radius 3 is 2.68 bits per heavy atom. The first-order valence-corrected chi connectivity index (χ1v) is 12.5. The molecule has 0 aliphatic rings. The maximum Gasteiger partial charge on any atom is 0.159 e. The zero-order valence-corrected chi connectivity index (χ0v) is 20.4. The number of nitrogens with one attached hydrogen (secondary N) is 3. The van der Waals surface area contributed by atoms with Gasteiger partial charge in [0.15, 0.2) is 5.82 Å². The van der Waals surface area contributed by atoms with Gasteiger partial charge in [0.05, 0.1) is 28.4 Å². The van der Waals surface area contributed by atoms with E-state index in [1.54, 1.807) is 18.6 Å². The highest BCUT2D eigenvalue weighted by atomic mass is 16.3. The van der Waals surface area contributed by atoms with Gasteiger partial charge in [-0.15, -0.1) is 0 Å². The van der Waals surface area contributed by atoms with Gasteiger partial charge in [0, 0.05) is 35.1 Å². The molecule has 184 valence electrons. The number of para-hydroxylation sites is 1. The fourth-order valence-electron chi connectivity index (χ4n) is 4.62. The van der Waals surface area contributed by atoms with E-state index < -0.39 is 6.23 Å². The van der Waals surface area contributed by atoms with Crippen molar-refractivity contribution in [1.29, 1.82) is 0 Å². The van der Waals surface area contributed by atoms with E-state index in [4.69, 9.17) is 4.98 Å². The Morgan fingerprint density at radius 1 is 0.919 bits per heavy atom. The molecule has 4 aromatic heterocycles. The van der Waals surface area contributed by atoms with Gasteiger partial charge in [-0.1, -0.05) is 31.5 Å². The van der Waals surface area contributed by atoms with Crippen molar-refractivity contribution >= 4 is 27.6 Å². The number of hydrogen-bond acceptors (Lipinski definition) is 6. The fraction of sp³-hybridized carbons (Fsp3) is 0.172. The molecule has 4 N–H and O–H groups in total. The van der Waals surface area contributed by atoms with E-state index in [0.717, 1.165) is 68.4 Å². The van der Waals surface area contributed by atoms with Crippen LogP contribution in [-0.4, -0.2) is 41.5 Å². The molecule has 6 aromatic rings. The van der Waals surface area contributed by atoms with E-state index in [1.165, 1.54) is 0 Å². The molecule has 37 heavy (non-hydrogen) atoms. The second-order valence-corrected chi connectivity index (χ2v) is 9.12. The number of H-pyrrole nitrogens is 2. The Bertz CT molecular complexity index is 1670. The van der Waals surface area contributed by atoms with Gasteiger partial charge in [-0.2, -0.15) is 5.10 Å². The second-order valence-electron chi connectivity index (χ2n) is 9.12. The first-order valence-electron chi connectivity index (χ1n) is 12.5. The first-order chi connectivity index (χ1) is 18.2. The van der Waals surface area contributed by atoms with Gasteiger partial charge in [0.25, 0.3) is 0 Å². The summed E-state index contributed by atoms with van der Waals surface area (Å²) in [5.41, 5.74) is 8.36. The molecule has 1 unspecified atom stereocenters. The van der Waals surface area contributed by atoms with Gasteiger partial charge in [-0.3, -0.25) is 15.1 Å². The molecule has 0 amide bonds. The molecule has 0 aliphatic heterocycles. The van der Waals surface area contributed by atoms with Crippen molar-refractivity contribution in [2.45, 2.75) is 32.4 Å². The number of pyridine rings is 2. The van der Waals surface area contributed by atoms with Crippen LogP contribution >= 0.6 is 0 Å². The Labute approximate surface area is 213 Å². The van der Waals surface area contributed by atoms with E-state index in [2.05, 4.69) is 49.5 Å². The Kier molecular flexibility index (Phi) is 6.08. The van der Waals surface area contributed by atoms with Crippen LogP contribution in [0.5, 0.6) is 0 Å². The number of aliphatic hydroxyl groups excluding tert-OH is 1. The van der Waals surface area contributed by atoms with Gasteiger partial charge in [-0.05, 0) is 60.4 Å². The summed E-state index contributed by atoms with van der Waals surface area (Å²) in [6, 6.07) is 18.2. The molecule has 0 radical (unpaired) electrons. The largest absolute Gasteiger partial charge is 0.374 e. The van der Waals surface area contributed by atoms with E-state index in [1.807, 2.05) is 48.7 Å². The van der Waals surface area contributed by atoms with Crippen LogP contribution in [0.3, 0.4) is 0 Å². The third kappa shape index (κ3) is 4.54. The van der Waals surface area contributed by atoms with Crippen LogP contribution in [0.2, 0.25) is 0 Å². The number of aromatic amines is 2. The highest BCUT2D eigenvalue weighted by Gasteiger charge is 2.16. The Morgan fingerprint density at radius 2 is 1.81 bits per heavy atom. The van der Waals surface area contributed by atoms with Crippen LogP contribution in [0.1, 0.15) is 26.2 Å². The number of imidazole rings is 1. The maximum atomic E-state index is 10.3. The molecule has 6 rings (SSSR count). The molecule has 0 bridgehead atoms. The van der Waals surface area contributed by atoms with E-state index in [-0.39, 0.29) is 0 Å². The first kappa shape index (κ1) is 22.9. The molecule has 2 aromatic carbocycles. The lowest BCUT2D eigenvalue weighted by Crippen LogP contribution is -2.18. The molecule has 4 heterocycles. The number of hydrogen-bond donors (Lipinski definition) is 4. The average Bonchev–Trinajstić information content (AvgIpc) is 3.56. The molecule has 8 nitrogen and oxygen atoms in total. The van der Waals surface area contributed by atoms with Gasteiger partial charge in [-0.25, -0.2) is 4.98 Å². The number of anilines is 1. The van der Waals surface area contributed by atoms with Crippen LogP contribution in [0.4, 0.5) is 5.69 Å². The molecule has 0 spiro atoms. The molecule has 0 aliphatic carbocycles. The smallest absolute Gasteiger partial charge is 0.159 e. The summed E-state index contributed by atoms with van der Waals surface area (Å²) >= 11 is 0. The summed E-state index contributed by atoms with van der Waals surface area (Å²) in [4.78, 5) is 16.9. The lowest BCUT2D eigenvalue weighted by molar-refractivity contribution is 0.190. The van der Waals surface area contributed by atoms with Gasteiger partial charge in [0.2, 0.25) is 0 Å². The lowest BCUT2D eigenvalue weighted by atomic mass is 10.0.